The highest BCUT2D eigenvalue weighted by Gasteiger charge is 2.28. The highest BCUT2D eigenvalue weighted by Crippen LogP contribution is 2.41. The first-order chi connectivity index (χ1) is 18.9. The van der Waals surface area contributed by atoms with Gasteiger partial charge in [-0.3, -0.25) is 4.72 Å². The molecule has 1 N–H and O–H groups in total. The fraction of sp³-hybridized carbons (Fsp3) is 0.308. The Balaban J connectivity index is 1.45. The smallest absolute Gasteiger partial charge is 0.270 e. The van der Waals surface area contributed by atoms with Crippen molar-refractivity contribution in [1.82, 2.24) is 15.0 Å². The number of sulfonamides is 1. The average Bonchev–Trinajstić information content (AvgIpc) is 3.60. The van der Waals surface area contributed by atoms with Gasteiger partial charge >= 0.3 is 0 Å². The molecule has 13 heteroatoms. The number of rotatable bonds is 8. The number of nitrogens with zero attached hydrogens (tertiary/aromatic N) is 4. The normalized spacial score (nSPS) is 13.6. The number of hydrogen-bond donors (Lipinski definition) is 1. The summed E-state index contributed by atoms with van der Waals surface area (Å²) in [5, 5.41) is 6.21. The van der Waals surface area contributed by atoms with Gasteiger partial charge in [0.15, 0.2) is 16.3 Å². The van der Waals surface area contributed by atoms with E-state index in [1.54, 1.807) is 29.5 Å². The predicted octanol–water partition coefficient (Wildman–Crippen LogP) is 3.88. The van der Waals surface area contributed by atoms with E-state index in [4.69, 9.17) is 18.7 Å². The van der Waals surface area contributed by atoms with Crippen LogP contribution in [0.2, 0.25) is 0 Å². The van der Waals surface area contributed by atoms with Gasteiger partial charge in [-0.15, -0.1) is 0 Å². The first-order valence-electron chi connectivity index (χ1n) is 12.0. The highest BCUT2D eigenvalue weighted by atomic mass is 32.2. The van der Waals surface area contributed by atoms with Gasteiger partial charge in [0.2, 0.25) is 0 Å². The van der Waals surface area contributed by atoms with E-state index in [0.29, 0.717) is 16.7 Å². The average molecular weight is 570 g/mol. The molecule has 1 saturated heterocycles. The van der Waals surface area contributed by atoms with Crippen LogP contribution in [0.15, 0.2) is 45.9 Å². The maximum atomic E-state index is 13.4. The Labute approximate surface area is 230 Å². The summed E-state index contributed by atoms with van der Waals surface area (Å²) in [6.45, 7) is 5.30. The molecule has 0 aliphatic carbocycles. The van der Waals surface area contributed by atoms with Crippen LogP contribution in [0.5, 0.6) is 17.2 Å². The van der Waals surface area contributed by atoms with Gasteiger partial charge < -0.3 is 28.5 Å². The molecule has 1 aliphatic heterocycles. The molecule has 5 rings (SSSR count). The highest BCUT2D eigenvalue weighted by molar-refractivity contribution is 7.93. The van der Waals surface area contributed by atoms with E-state index < -0.39 is 10.0 Å². The zero-order valence-electron chi connectivity index (χ0n) is 21.8. The lowest BCUT2D eigenvalue weighted by molar-refractivity contribution is 0.369. The zero-order valence-corrected chi connectivity index (χ0v) is 23.5. The molecule has 0 bridgehead atoms. The van der Waals surface area contributed by atoms with Crippen molar-refractivity contribution in [3.63, 3.8) is 0 Å². The summed E-state index contributed by atoms with van der Waals surface area (Å²) in [5.41, 5.74) is 1.11. The molecule has 1 fully saturated rings. The largest absolute Gasteiger partial charge is 0.496 e. The van der Waals surface area contributed by atoms with Crippen molar-refractivity contribution in [1.29, 1.82) is 0 Å². The number of benzene rings is 2. The Morgan fingerprint density at radius 1 is 1.03 bits per heavy atom. The lowest BCUT2D eigenvalue weighted by Crippen LogP contribution is -2.44. The molecule has 0 atom stereocenters. The molecule has 0 amide bonds. The van der Waals surface area contributed by atoms with E-state index in [2.05, 4.69) is 36.6 Å². The summed E-state index contributed by atoms with van der Waals surface area (Å²) >= 11 is 1.56. The van der Waals surface area contributed by atoms with Crippen molar-refractivity contribution in [3.05, 3.63) is 36.5 Å². The van der Waals surface area contributed by atoms with E-state index in [0.717, 1.165) is 41.8 Å². The quantitative estimate of drug-likeness (QED) is 0.313. The Hall–Kier alpha value is -4.15. The van der Waals surface area contributed by atoms with E-state index in [1.165, 1.54) is 33.5 Å². The van der Waals surface area contributed by atoms with Gasteiger partial charge in [0.05, 0.1) is 27.5 Å². The monoisotopic (exact) mass is 569 g/mol. The molecule has 204 valence electrons. The van der Waals surface area contributed by atoms with Crippen molar-refractivity contribution < 1.29 is 27.2 Å². The van der Waals surface area contributed by atoms with Gasteiger partial charge in [-0.25, -0.2) is 13.4 Å². The van der Waals surface area contributed by atoms with Crippen molar-refractivity contribution in [2.45, 2.75) is 11.8 Å². The van der Waals surface area contributed by atoms with Gasteiger partial charge in [-0.1, -0.05) is 28.5 Å². The maximum Gasteiger partial charge on any atom is 0.270 e. The van der Waals surface area contributed by atoms with Crippen LogP contribution in [0.25, 0.3) is 21.5 Å². The fourth-order valence-corrected chi connectivity index (χ4v) is 6.68. The Morgan fingerprint density at radius 2 is 1.72 bits per heavy atom. The van der Waals surface area contributed by atoms with Crippen LogP contribution in [0.1, 0.15) is 6.92 Å². The second-order valence-corrected chi connectivity index (χ2v) is 11.1. The maximum absolute atomic E-state index is 13.4. The SMILES string of the molecule is CC#CN1CCN(c2cnc(-c3cc(OC)c4c(NS(=O)(=O)c5c(OC)cccc5OC)noc4c3)s2)CC1. The molecule has 0 unspecified atom stereocenters. The second kappa shape index (κ2) is 10.9. The Kier molecular flexibility index (Phi) is 7.40. The van der Waals surface area contributed by atoms with Crippen LogP contribution in [-0.4, -0.2) is 71.0 Å². The van der Waals surface area contributed by atoms with Gasteiger partial charge in [0.25, 0.3) is 10.0 Å². The number of nitrogens with one attached hydrogen (secondary N) is 1. The summed E-state index contributed by atoms with van der Waals surface area (Å²) in [7, 11) is 0.0968. The number of piperazine rings is 1. The van der Waals surface area contributed by atoms with Crippen molar-refractivity contribution >= 4 is 43.1 Å². The first-order valence-corrected chi connectivity index (χ1v) is 14.3. The first kappa shape index (κ1) is 26.5. The van der Waals surface area contributed by atoms with Crippen LogP contribution in [0.3, 0.4) is 0 Å². The van der Waals surface area contributed by atoms with Gasteiger partial charge in [-0.2, -0.15) is 0 Å². The van der Waals surface area contributed by atoms with Gasteiger partial charge in [-0.05, 0) is 31.2 Å². The van der Waals surface area contributed by atoms with Crippen molar-refractivity contribution in [3.8, 4) is 39.8 Å². The molecule has 4 aromatic rings. The molecule has 1 aliphatic rings. The van der Waals surface area contributed by atoms with Crippen LogP contribution >= 0.6 is 11.3 Å². The number of methoxy groups -OCH3 is 3. The summed E-state index contributed by atoms with van der Waals surface area (Å²) in [5.74, 6) is 3.57. The standard InChI is InChI=1S/C26H27N5O6S2/c1-5-9-30-10-12-31(13-11-30)22-16-27-26(38-22)17-14-20(36-4)23-21(15-17)37-28-25(23)29-39(32,33)24-18(34-2)7-6-8-19(24)35-3/h6-8,14-16H,10-13H2,1-4H3,(H,28,29). The summed E-state index contributed by atoms with van der Waals surface area (Å²) < 4.78 is 51.0. The third kappa shape index (κ3) is 5.13. The molecular weight excluding hydrogens is 542 g/mol. The molecular formula is C26H27N5O6S2. The number of anilines is 2. The van der Waals surface area contributed by atoms with Crippen LogP contribution in [-0.2, 0) is 10.0 Å². The predicted molar refractivity (Wildman–Crippen MR) is 149 cm³/mol. The summed E-state index contributed by atoms with van der Waals surface area (Å²) in [4.78, 5) is 8.88. The minimum atomic E-state index is -4.17. The van der Waals surface area contributed by atoms with E-state index in [9.17, 15) is 8.42 Å². The van der Waals surface area contributed by atoms with Crippen LogP contribution in [0, 0.1) is 12.0 Å². The lowest BCUT2D eigenvalue weighted by atomic mass is 10.1. The molecule has 3 heterocycles. The van der Waals surface area contributed by atoms with E-state index in [-0.39, 0.29) is 22.2 Å². The number of hydrogen-bond acceptors (Lipinski definition) is 11. The number of thiazole rings is 1. The van der Waals surface area contributed by atoms with E-state index >= 15 is 0 Å². The zero-order chi connectivity index (χ0) is 27.6. The molecule has 39 heavy (non-hydrogen) atoms. The number of fused-ring (bicyclic) bond motifs is 1. The van der Waals surface area contributed by atoms with Crippen LogP contribution in [0.4, 0.5) is 10.8 Å². The van der Waals surface area contributed by atoms with Crippen LogP contribution < -0.4 is 23.8 Å². The number of ether oxygens (including phenoxy) is 3. The third-order valence-electron chi connectivity index (χ3n) is 6.24. The molecule has 0 spiro atoms. The number of aromatic nitrogens is 2. The van der Waals surface area contributed by atoms with Crippen molar-refractivity contribution in [2.24, 2.45) is 0 Å². The van der Waals surface area contributed by atoms with Gasteiger partial charge in [0, 0.05) is 37.8 Å². The third-order valence-corrected chi connectivity index (χ3v) is 8.75. The fourth-order valence-electron chi connectivity index (χ4n) is 4.39. The van der Waals surface area contributed by atoms with Crippen molar-refractivity contribution in [2.75, 3.05) is 57.1 Å². The summed E-state index contributed by atoms with van der Waals surface area (Å²) in [6, 6.07) is 11.4. The minimum Gasteiger partial charge on any atom is -0.496 e. The molecule has 2 aromatic heterocycles. The Bertz CT molecular complexity index is 1640. The minimum absolute atomic E-state index is 0.0192. The topological polar surface area (TPSA) is 119 Å². The summed E-state index contributed by atoms with van der Waals surface area (Å²) in [6.07, 6.45) is 1.86. The van der Waals surface area contributed by atoms with Gasteiger partial charge in [0.1, 0.15) is 32.6 Å². The Morgan fingerprint density at radius 3 is 2.36 bits per heavy atom. The second-order valence-electron chi connectivity index (χ2n) is 8.52. The molecule has 0 saturated carbocycles. The van der Waals surface area contributed by atoms with E-state index in [1.807, 2.05) is 13.1 Å². The molecule has 11 nitrogen and oxygen atoms in total. The lowest BCUT2D eigenvalue weighted by Gasteiger charge is -2.32. The molecule has 2 aromatic carbocycles. The molecule has 0 radical (unpaired) electrons.